The number of rotatable bonds is 32. The van der Waals surface area contributed by atoms with Crippen molar-refractivity contribution in [1.82, 2.24) is 0 Å². The Morgan fingerprint density at radius 2 is 0.725 bits per heavy atom. The van der Waals surface area contributed by atoms with Gasteiger partial charge in [-0.2, -0.15) is 0 Å². The van der Waals surface area contributed by atoms with Crippen LogP contribution in [0.5, 0.6) is 0 Å². The minimum atomic E-state index is -1.66. The van der Waals surface area contributed by atoms with E-state index < -0.39 is 18.1 Å². The number of ether oxygens (including phenoxy) is 1. The summed E-state index contributed by atoms with van der Waals surface area (Å²) in [6, 6.07) is 0. The number of carbonyl (C=O) groups excluding carboxylic acids is 2. The van der Waals surface area contributed by atoms with E-state index >= 15 is 0 Å². The van der Waals surface area contributed by atoms with E-state index in [1.165, 1.54) is 148 Å². The normalized spacial score (nSPS) is 12.1. The van der Waals surface area contributed by atoms with Crippen LogP contribution < -0.4 is 0 Å². The van der Waals surface area contributed by atoms with E-state index in [-0.39, 0.29) is 12.8 Å². The topological polar surface area (TPSA) is 43.4 Å². The number of hydrogen-bond acceptors (Lipinski definition) is 3. The van der Waals surface area contributed by atoms with Crippen molar-refractivity contribution in [3.8, 4) is 0 Å². The van der Waals surface area contributed by atoms with Gasteiger partial charge in [0.25, 0.3) is 0 Å². The molecule has 0 amide bonds. The number of alkyl halides is 1. The molecule has 0 spiro atoms. The van der Waals surface area contributed by atoms with Crippen molar-refractivity contribution < 1.29 is 18.7 Å². The van der Waals surface area contributed by atoms with E-state index in [2.05, 4.69) is 13.8 Å². The van der Waals surface area contributed by atoms with Crippen molar-refractivity contribution in [2.24, 2.45) is 0 Å². The molecule has 0 aromatic heterocycles. The summed E-state index contributed by atoms with van der Waals surface area (Å²) in [6.45, 7) is 4.52. The first-order valence-corrected chi connectivity index (χ1v) is 18.0. The van der Waals surface area contributed by atoms with Gasteiger partial charge in [-0.25, -0.2) is 9.18 Å². The van der Waals surface area contributed by atoms with Crippen molar-refractivity contribution in [2.75, 3.05) is 0 Å². The maximum absolute atomic E-state index is 14.1. The molecular weight excluding hydrogens is 499 g/mol. The number of hydrogen-bond donors (Lipinski definition) is 0. The van der Waals surface area contributed by atoms with Gasteiger partial charge in [0.1, 0.15) is 0 Å². The van der Waals surface area contributed by atoms with Crippen LogP contribution in [0.15, 0.2) is 0 Å². The largest absolute Gasteiger partial charge is 0.391 e. The third kappa shape index (κ3) is 30.0. The Kier molecular flexibility index (Phi) is 31.8. The van der Waals surface area contributed by atoms with Crippen LogP contribution in [0.25, 0.3) is 0 Å². The molecule has 0 aliphatic heterocycles. The summed E-state index contributed by atoms with van der Waals surface area (Å²) in [6.07, 6.45) is 35.1. The van der Waals surface area contributed by atoms with Gasteiger partial charge in [-0.15, -0.1) is 0 Å². The van der Waals surface area contributed by atoms with E-state index in [0.29, 0.717) is 6.42 Å². The van der Waals surface area contributed by atoms with E-state index in [1.807, 2.05) is 0 Å². The maximum Gasteiger partial charge on any atom is 0.348 e. The third-order valence-electron chi connectivity index (χ3n) is 8.27. The molecule has 0 aromatic rings. The van der Waals surface area contributed by atoms with Crippen molar-refractivity contribution in [3.63, 3.8) is 0 Å². The molecule has 0 bridgehead atoms. The van der Waals surface area contributed by atoms with Crippen LogP contribution in [0.1, 0.15) is 213 Å². The maximum atomic E-state index is 14.1. The minimum Gasteiger partial charge on any atom is -0.391 e. The average molecular weight is 569 g/mol. The molecule has 0 saturated carbocycles. The fourth-order valence-electron chi connectivity index (χ4n) is 5.50. The van der Waals surface area contributed by atoms with Gasteiger partial charge in [-0.05, 0) is 19.3 Å². The van der Waals surface area contributed by atoms with Crippen molar-refractivity contribution >= 4 is 11.9 Å². The summed E-state index contributed by atoms with van der Waals surface area (Å²) in [4.78, 5) is 23.7. The molecule has 0 saturated heterocycles. The molecule has 3 nitrogen and oxygen atoms in total. The third-order valence-corrected chi connectivity index (χ3v) is 8.27. The smallest absolute Gasteiger partial charge is 0.348 e. The summed E-state index contributed by atoms with van der Waals surface area (Å²) in [5, 5.41) is 0. The molecule has 0 rings (SSSR count). The van der Waals surface area contributed by atoms with Gasteiger partial charge in [0.15, 0.2) is 6.17 Å². The van der Waals surface area contributed by atoms with Crippen LogP contribution in [0, 0.1) is 0 Å². The Hall–Kier alpha value is -0.930. The summed E-state index contributed by atoms with van der Waals surface area (Å²) in [5.74, 6) is -1.55. The van der Waals surface area contributed by atoms with Crippen LogP contribution >= 0.6 is 0 Å². The number of unbranched alkanes of at least 4 members (excludes halogenated alkanes) is 27. The zero-order valence-corrected chi connectivity index (χ0v) is 27.1. The molecule has 0 aliphatic rings. The van der Waals surface area contributed by atoms with Gasteiger partial charge in [0.05, 0.1) is 0 Å². The van der Waals surface area contributed by atoms with Gasteiger partial charge in [-0.1, -0.05) is 187 Å². The molecule has 1 unspecified atom stereocenters. The number of esters is 2. The Morgan fingerprint density at radius 1 is 0.450 bits per heavy atom. The second kappa shape index (κ2) is 32.6. The molecule has 40 heavy (non-hydrogen) atoms. The standard InChI is InChI=1S/C36H69FO3/c1-3-5-7-9-11-13-15-17-19-21-23-25-27-29-31-33-35(38)40-36(39)34(37)32-30-28-26-24-22-20-18-16-14-12-10-8-6-4-2/h34H,3-33H2,1-2H3. The number of halogens is 1. The molecule has 0 aromatic carbocycles. The fourth-order valence-corrected chi connectivity index (χ4v) is 5.50. The predicted molar refractivity (Wildman–Crippen MR) is 170 cm³/mol. The monoisotopic (exact) mass is 569 g/mol. The van der Waals surface area contributed by atoms with Crippen molar-refractivity contribution in [1.29, 1.82) is 0 Å². The second-order valence-electron chi connectivity index (χ2n) is 12.3. The van der Waals surface area contributed by atoms with Gasteiger partial charge < -0.3 is 4.74 Å². The molecule has 238 valence electrons. The van der Waals surface area contributed by atoms with Crippen LogP contribution in [-0.2, 0) is 14.3 Å². The van der Waals surface area contributed by atoms with E-state index in [4.69, 9.17) is 4.74 Å². The Morgan fingerprint density at radius 3 is 1.05 bits per heavy atom. The van der Waals surface area contributed by atoms with Crippen LogP contribution in [-0.4, -0.2) is 18.1 Å². The predicted octanol–water partition coefficient (Wildman–Crippen LogP) is 12.5. The molecule has 0 aliphatic carbocycles. The fraction of sp³-hybridized carbons (Fsp3) is 0.944. The molecule has 0 fully saturated rings. The lowest BCUT2D eigenvalue weighted by Gasteiger charge is -2.08. The zero-order chi connectivity index (χ0) is 29.4. The first-order chi connectivity index (χ1) is 19.6. The first kappa shape index (κ1) is 39.1. The van der Waals surface area contributed by atoms with E-state index in [1.54, 1.807) is 0 Å². The highest BCUT2D eigenvalue weighted by molar-refractivity contribution is 5.87. The summed E-state index contributed by atoms with van der Waals surface area (Å²) >= 11 is 0. The van der Waals surface area contributed by atoms with Gasteiger partial charge >= 0.3 is 11.9 Å². The zero-order valence-electron chi connectivity index (χ0n) is 27.1. The van der Waals surface area contributed by atoms with Crippen LogP contribution in [0.2, 0.25) is 0 Å². The van der Waals surface area contributed by atoms with E-state index in [0.717, 1.165) is 32.1 Å². The Balaban J connectivity index is 3.40. The highest BCUT2D eigenvalue weighted by Crippen LogP contribution is 2.16. The van der Waals surface area contributed by atoms with Crippen molar-refractivity contribution in [2.45, 2.75) is 219 Å². The lowest BCUT2D eigenvalue weighted by atomic mass is 10.0. The summed E-state index contributed by atoms with van der Waals surface area (Å²) < 4.78 is 18.8. The molecule has 0 heterocycles. The summed E-state index contributed by atoms with van der Waals surface area (Å²) in [5.41, 5.74) is 0. The average Bonchev–Trinajstić information content (AvgIpc) is 2.95. The van der Waals surface area contributed by atoms with E-state index in [9.17, 15) is 14.0 Å². The quantitative estimate of drug-likeness (QED) is 0.0460. The SMILES string of the molecule is CCCCCCCCCCCCCCCCCC(=O)OC(=O)C(F)CCCCCCCCCCCCCCCC. The Labute approximate surface area is 249 Å². The molecular formula is C36H69FO3. The number of carbonyl (C=O) groups is 2. The molecule has 0 radical (unpaired) electrons. The molecule has 4 heteroatoms. The second-order valence-corrected chi connectivity index (χ2v) is 12.3. The van der Waals surface area contributed by atoms with Gasteiger partial charge in [0.2, 0.25) is 0 Å². The van der Waals surface area contributed by atoms with Gasteiger partial charge in [-0.3, -0.25) is 4.79 Å². The first-order valence-electron chi connectivity index (χ1n) is 18.0. The van der Waals surface area contributed by atoms with Crippen LogP contribution in [0.3, 0.4) is 0 Å². The Bertz CT molecular complexity index is 536. The van der Waals surface area contributed by atoms with Crippen molar-refractivity contribution in [3.05, 3.63) is 0 Å². The lowest BCUT2D eigenvalue weighted by molar-refractivity contribution is -0.163. The van der Waals surface area contributed by atoms with Gasteiger partial charge in [0, 0.05) is 6.42 Å². The molecule has 0 N–H and O–H groups in total. The minimum absolute atomic E-state index is 0.170. The lowest BCUT2D eigenvalue weighted by Crippen LogP contribution is -2.22. The summed E-state index contributed by atoms with van der Waals surface area (Å²) in [7, 11) is 0. The highest BCUT2D eigenvalue weighted by Gasteiger charge is 2.21. The van der Waals surface area contributed by atoms with Crippen LogP contribution in [0.4, 0.5) is 4.39 Å². The highest BCUT2D eigenvalue weighted by atomic mass is 19.1. The molecule has 1 atom stereocenters.